The molecule has 0 unspecified atom stereocenters. The van der Waals surface area contributed by atoms with Gasteiger partial charge >= 0.3 is 0 Å². The van der Waals surface area contributed by atoms with Crippen LogP contribution in [-0.4, -0.2) is 16.6 Å². The molecule has 0 radical (unpaired) electrons. The van der Waals surface area contributed by atoms with Gasteiger partial charge in [0.25, 0.3) is 0 Å². The van der Waals surface area contributed by atoms with Crippen molar-refractivity contribution in [3.05, 3.63) is 29.0 Å². The van der Waals surface area contributed by atoms with Crippen molar-refractivity contribution in [3.63, 3.8) is 0 Å². The molecule has 0 aliphatic rings. The maximum absolute atomic E-state index is 9.50. The average molecular weight is 187 g/mol. The van der Waals surface area contributed by atoms with Gasteiger partial charge in [-0.3, -0.25) is 0 Å². The molecule has 0 saturated heterocycles. The highest BCUT2D eigenvalue weighted by molar-refractivity contribution is 6.30. The fourth-order valence-electron chi connectivity index (χ4n) is 0.960. The van der Waals surface area contributed by atoms with Crippen LogP contribution in [0.5, 0.6) is 0 Å². The molecule has 0 fully saturated rings. The summed E-state index contributed by atoms with van der Waals surface area (Å²) in [6.07, 6.45) is 1.49. The molecule has 0 spiro atoms. The first kappa shape index (κ1) is 9.45. The summed E-state index contributed by atoms with van der Waals surface area (Å²) in [4.78, 5) is 3.85. The van der Waals surface area contributed by atoms with Crippen molar-refractivity contribution < 1.29 is 5.11 Å². The summed E-state index contributed by atoms with van der Waals surface area (Å²) in [6.45, 7) is 0.437. The smallest absolute Gasteiger partial charge is 0.134 e. The predicted octanol–water partition coefficient (Wildman–Crippen LogP) is 1.12. The Bertz CT molecular complexity index is 255. The van der Waals surface area contributed by atoms with E-state index in [2.05, 4.69) is 4.98 Å². The number of nitrogens with zero attached hydrogens (tertiary/aromatic N) is 1. The molecule has 0 amide bonds. The van der Waals surface area contributed by atoms with Crippen molar-refractivity contribution >= 4 is 11.6 Å². The van der Waals surface area contributed by atoms with Gasteiger partial charge in [-0.25, -0.2) is 4.98 Å². The van der Waals surface area contributed by atoms with Crippen LogP contribution in [-0.2, 0) is 0 Å². The van der Waals surface area contributed by atoms with Gasteiger partial charge in [-0.05, 0) is 19.0 Å². The van der Waals surface area contributed by atoms with Crippen LogP contribution in [0.15, 0.2) is 18.3 Å². The second kappa shape index (κ2) is 4.40. The molecule has 3 nitrogen and oxygen atoms in total. The van der Waals surface area contributed by atoms with Gasteiger partial charge in [0.15, 0.2) is 0 Å². The number of aliphatic hydroxyl groups is 1. The Labute approximate surface area is 76.2 Å². The Balaban J connectivity index is 2.79. The topological polar surface area (TPSA) is 59.1 Å². The summed E-state index contributed by atoms with van der Waals surface area (Å²) in [6, 6.07) is 3.48. The standard InChI is InChI=1S/C8H11ClN2O/c9-8-6(2-1-5-11-8)7(12)3-4-10/h1-2,5,7,12H,3-4,10H2/t7-/m0/s1. The van der Waals surface area contributed by atoms with E-state index >= 15 is 0 Å². The molecule has 0 aliphatic heterocycles. The Morgan fingerprint density at radius 2 is 2.42 bits per heavy atom. The van der Waals surface area contributed by atoms with E-state index in [-0.39, 0.29) is 0 Å². The molecule has 66 valence electrons. The second-order valence-corrected chi connectivity index (χ2v) is 2.83. The molecule has 1 aromatic heterocycles. The van der Waals surface area contributed by atoms with Gasteiger partial charge in [-0.2, -0.15) is 0 Å². The van der Waals surface area contributed by atoms with Gasteiger partial charge in [0.2, 0.25) is 0 Å². The molecular weight excluding hydrogens is 176 g/mol. The Hall–Kier alpha value is -0.640. The van der Waals surface area contributed by atoms with Gasteiger partial charge in [-0.15, -0.1) is 0 Å². The Morgan fingerprint density at radius 1 is 1.67 bits per heavy atom. The fraction of sp³-hybridized carbons (Fsp3) is 0.375. The van der Waals surface area contributed by atoms with Crippen molar-refractivity contribution in [2.24, 2.45) is 5.73 Å². The number of aromatic nitrogens is 1. The minimum Gasteiger partial charge on any atom is -0.388 e. The van der Waals surface area contributed by atoms with Gasteiger partial charge in [0.05, 0.1) is 6.10 Å². The Kier molecular flexibility index (Phi) is 3.47. The number of halogens is 1. The zero-order valence-corrected chi connectivity index (χ0v) is 7.33. The molecule has 0 bridgehead atoms. The van der Waals surface area contributed by atoms with E-state index in [0.717, 1.165) is 0 Å². The van der Waals surface area contributed by atoms with E-state index in [9.17, 15) is 5.11 Å². The van der Waals surface area contributed by atoms with E-state index < -0.39 is 6.10 Å². The highest BCUT2D eigenvalue weighted by atomic mass is 35.5. The van der Waals surface area contributed by atoms with Crippen molar-refractivity contribution in [1.82, 2.24) is 4.98 Å². The summed E-state index contributed by atoms with van der Waals surface area (Å²) < 4.78 is 0. The summed E-state index contributed by atoms with van der Waals surface area (Å²) in [5.41, 5.74) is 5.94. The number of rotatable bonds is 3. The van der Waals surface area contributed by atoms with E-state index in [1.165, 1.54) is 0 Å². The van der Waals surface area contributed by atoms with E-state index in [4.69, 9.17) is 17.3 Å². The molecular formula is C8H11ClN2O. The van der Waals surface area contributed by atoms with Crippen LogP contribution >= 0.6 is 11.6 Å². The van der Waals surface area contributed by atoms with Crippen LogP contribution in [0.1, 0.15) is 18.1 Å². The molecule has 0 saturated carbocycles. The SMILES string of the molecule is NCC[C@H](O)c1cccnc1Cl. The molecule has 0 aromatic carbocycles. The van der Waals surface area contributed by atoms with Crippen molar-refractivity contribution in [2.75, 3.05) is 6.54 Å². The van der Waals surface area contributed by atoms with Gasteiger partial charge in [0, 0.05) is 11.8 Å². The maximum atomic E-state index is 9.50. The highest BCUT2D eigenvalue weighted by Gasteiger charge is 2.09. The quantitative estimate of drug-likeness (QED) is 0.696. The Morgan fingerprint density at radius 3 is 3.00 bits per heavy atom. The molecule has 12 heavy (non-hydrogen) atoms. The monoisotopic (exact) mass is 186 g/mol. The van der Waals surface area contributed by atoms with Crippen molar-refractivity contribution in [3.8, 4) is 0 Å². The van der Waals surface area contributed by atoms with Crippen LogP contribution in [0.2, 0.25) is 5.15 Å². The zero-order chi connectivity index (χ0) is 8.97. The minimum absolute atomic E-state index is 0.346. The third-order valence-corrected chi connectivity index (χ3v) is 1.90. The minimum atomic E-state index is -0.601. The highest BCUT2D eigenvalue weighted by Crippen LogP contribution is 2.21. The van der Waals surface area contributed by atoms with Crippen molar-refractivity contribution in [2.45, 2.75) is 12.5 Å². The normalized spacial score (nSPS) is 12.9. The third kappa shape index (κ3) is 2.17. The number of hydrogen-bond acceptors (Lipinski definition) is 3. The maximum Gasteiger partial charge on any atom is 0.134 e. The molecule has 1 aromatic rings. The van der Waals surface area contributed by atoms with Crippen LogP contribution in [0.3, 0.4) is 0 Å². The van der Waals surface area contributed by atoms with Gasteiger partial charge in [0.1, 0.15) is 5.15 Å². The molecule has 1 heterocycles. The number of hydrogen-bond donors (Lipinski definition) is 2. The average Bonchev–Trinajstić information content (AvgIpc) is 2.05. The number of pyridine rings is 1. The zero-order valence-electron chi connectivity index (χ0n) is 6.57. The van der Waals surface area contributed by atoms with E-state index in [1.54, 1.807) is 18.3 Å². The molecule has 0 aliphatic carbocycles. The molecule has 1 rings (SSSR count). The first-order valence-electron chi connectivity index (χ1n) is 3.74. The van der Waals surface area contributed by atoms with Crippen LogP contribution in [0, 0.1) is 0 Å². The van der Waals surface area contributed by atoms with E-state index in [0.29, 0.717) is 23.7 Å². The number of aliphatic hydroxyl groups excluding tert-OH is 1. The summed E-state index contributed by atoms with van der Waals surface area (Å²) in [7, 11) is 0. The lowest BCUT2D eigenvalue weighted by Gasteiger charge is -2.09. The lowest BCUT2D eigenvalue weighted by atomic mass is 10.1. The summed E-state index contributed by atoms with van der Waals surface area (Å²) in [5, 5.41) is 9.84. The van der Waals surface area contributed by atoms with Gasteiger partial charge < -0.3 is 10.8 Å². The second-order valence-electron chi connectivity index (χ2n) is 2.48. The largest absolute Gasteiger partial charge is 0.388 e. The van der Waals surface area contributed by atoms with Crippen LogP contribution in [0.25, 0.3) is 0 Å². The number of nitrogens with two attached hydrogens (primary N) is 1. The first-order valence-corrected chi connectivity index (χ1v) is 4.12. The molecule has 1 atom stereocenters. The van der Waals surface area contributed by atoms with Gasteiger partial charge in [-0.1, -0.05) is 17.7 Å². The van der Waals surface area contributed by atoms with Crippen molar-refractivity contribution in [1.29, 1.82) is 0 Å². The predicted molar refractivity (Wildman–Crippen MR) is 47.9 cm³/mol. The lowest BCUT2D eigenvalue weighted by Crippen LogP contribution is -2.07. The molecule has 4 heteroatoms. The van der Waals surface area contributed by atoms with Crippen LogP contribution < -0.4 is 5.73 Å². The van der Waals surface area contributed by atoms with Crippen LogP contribution in [0.4, 0.5) is 0 Å². The lowest BCUT2D eigenvalue weighted by molar-refractivity contribution is 0.170. The summed E-state index contributed by atoms with van der Waals surface area (Å²) in [5.74, 6) is 0. The third-order valence-electron chi connectivity index (χ3n) is 1.59. The molecule has 3 N–H and O–H groups in total. The first-order chi connectivity index (χ1) is 5.75. The summed E-state index contributed by atoms with van der Waals surface area (Å²) >= 11 is 5.74. The fourth-order valence-corrected chi connectivity index (χ4v) is 1.21. The van der Waals surface area contributed by atoms with E-state index in [1.807, 2.05) is 0 Å².